The van der Waals surface area contributed by atoms with Crippen LogP contribution in [-0.2, 0) is 21.4 Å². The van der Waals surface area contributed by atoms with Crippen molar-refractivity contribution in [3.8, 4) is 17.2 Å². The minimum atomic E-state index is -4.08. The van der Waals surface area contributed by atoms with Gasteiger partial charge >= 0.3 is 0 Å². The molecule has 0 bridgehead atoms. The van der Waals surface area contributed by atoms with Gasteiger partial charge in [-0.25, -0.2) is 13.8 Å². The molecule has 0 heterocycles. The van der Waals surface area contributed by atoms with Crippen molar-refractivity contribution in [3.63, 3.8) is 0 Å². The molecule has 4 aromatic rings. The highest BCUT2D eigenvalue weighted by atomic mass is 32.2. The van der Waals surface area contributed by atoms with Gasteiger partial charge in [0, 0.05) is 0 Å². The molecule has 43 heavy (non-hydrogen) atoms. The number of anilines is 1. The fourth-order valence-electron chi connectivity index (χ4n) is 4.10. The minimum absolute atomic E-state index is 0.0332. The van der Waals surface area contributed by atoms with Gasteiger partial charge in [-0.15, -0.1) is 0 Å². The quantitative estimate of drug-likeness (QED) is 0.146. The fourth-order valence-corrected chi connectivity index (χ4v) is 5.52. The fraction of sp³-hybridized carbons (Fsp3) is 0.212. The average molecular weight is 602 g/mol. The molecule has 0 aromatic heterocycles. The Morgan fingerprint density at radius 2 is 1.53 bits per heavy atom. The Balaban J connectivity index is 1.47. The van der Waals surface area contributed by atoms with Gasteiger partial charge in [0.05, 0.1) is 30.0 Å². The number of hydrazone groups is 1. The van der Waals surface area contributed by atoms with Crippen LogP contribution in [0.4, 0.5) is 5.69 Å². The van der Waals surface area contributed by atoms with Crippen molar-refractivity contribution in [2.75, 3.05) is 24.1 Å². The summed E-state index contributed by atoms with van der Waals surface area (Å²) < 4.78 is 45.4. The number of hydrogen-bond acceptors (Lipinski definition) is 7. The Hall–Kier alpha value is -4.83. The number of benzene rings is 4. The van der Waals surface area contributed by atoms with Crippen LogP contribution in [0, 0.1) is 6.92 Å². The Labute approximate surface area is 252 Å². The molecule has 0 saturated heterocycles. The van der Waals surface area contributed by atoms with Crippen LogP contribution < -0.4 is 23.9 Å². The number of ether oxygens (including phenoxy) is 3. The van der Waals surface area contributed by atoms with Gasteiger partial charge in [-0.2, -0.15) is 5.10 Å². The van der Waals surface area contributed by atoms with Crippen molar-refractivity contribution >= 4 is 27.8 Å². The standard InChI is InChI=1S/C33H35N3O6S/c1-4-40-29-16-18-30(19-17-29)43(38,39)36(28-14-11-25(3)12-15-28)23-33(37)35-34-22-27-13-20-31(32(21-27)41-5-2)42-24-26-9-7-6-8-10-26/h6-22H,4-5,23-24H2,1-3H3,(H,35,37)/b34-22-. The largest absolute Gasteiger partial charge is 0.494 e. The maximum Gasteiger partial charge on any atom is 0.264 e. The summed E-state index contributed by atoms with van der Waals surface area (Å²) in [6, 6.07) is 28.1. The van der Waals surface area contributed by atoms with E-state index in [0.29, 0.717) is 48.3 Å². The van der Waals surface area contributed by atoms with Gasteiger partial charge in [-0.3, -0.25) is 9.10 Å². The number of aryl methyl sites for hydroxylation is 1. The number of carbonyl (C=O) groups excluding carboxylic acids is 1. The number of hydrogen-bond donors (Lipinski definition) is 1. The zero-order valence-corrected chi connectivity index (χ0v) is 25.2. The molecule has 0 atom stereocenters. The van der Waals surface area contributed by atoms with Crippen LogP contribution in [-0.4, -0.2) is 40.3 Å². The summed E-state index contributed by atoms with van der Waals surface area (Å²) in [4.78, 5) is 13.0. The summed E-state index contributed by atoms with van der Waals surface area (Å²) in [5.41, 5.74) is 5.44. The van der Waals surface area contributed by atoms with Crippen LogP contribution in [0.1, 0.15) is 30.5 Å². The van der Waals surface area contributed by atoms with E-state index in [-0.39, 0.29) is 4.90 Å². The molecule has 10 heteroatoms. The molecular weight excluding hydrogens is 566 g/mol. The smallest absolute Gasteiger partial charge is 0.264 e. The highest BCUT2D eigenvalue weighted by molar-refractivity contribution is 7.92. The van der Waals surface area contributed by atoms with Crippen LogP contribution >= 0.6 is 0 Å². The summed E-state index contributed by atoms with van der Waals surface area (Å²) >= 11 is 0. The maximum atomic E-state index is 13.6. The zero-order valence-electron chi connectivity index (χ0n) is 24.4. The molecule has 0 saturated carbocycles. The maximum absolute atomic E-state index is 13.6. The molecule has 0 aliphatic rings. The second kappa shape index (κ2) is 14.9. The molecular formula is C33H35N3O6S. The van der Waals surface area contributed by atoms with Crippen molar-refractivity contribution in [3.05, 3.63) is 114 Å². The van der Waals surface area contributed by atoms with Gasteiger partial charge in [-0.05, 0) is 86.5 Å². The Kier molecular flexibility index (Phi) is 10.8. The van der Waals surface area contributed by atoms with Crippen LogP contribution in [0.15, 0.2) is 107 Å². The lowest BCUT2D eigenvalue weighted by atomic mass is 10.2. The lowest BCUT2D eigenvalue weighted by Crippen LogP contribution is -2.39. The molecule has 1 amide bonds. The third kappa shape index (κ3) is 8.59. The highest BCUT2D eigenvalue weighted by Crippen LogP contribution is 2.29. The first-order chi connectivity index (χ1) is 20.8. The second-order valence-corrected chi connectivity index (χ2v) is 11.3. The number of carbonyl (C=O) groups is 1. The SMILES string of the molecule is CCOc1ccc(S(=O)(=O)N(CC(=O)N/N=C\c2ccc(OCc3ccccc3)c(OCC)c2)c2ccc(C)cc2)cc1. The highest BCUT2D eigenvalue weighted by Gasteiger charge is 2.27. The van der Waals surface area contributed by atoms with Gasteiger partial charge in [-0.1, -0.05) is 48.0 Å². The number of nitrogens with zero attached hydrogens (tertiary/aromatic N) is 2. The number of rotatable bonds is 14. The van der Waals surface area contributed by atoms with E-state index >= 15 is 0 Å². The summed E-state index contributed by atoms with van der Waals surface area (Å²) in [6.07, 6.45) is 1.46. The number of amides is 1. The lowest BCUT2D eigenvalue weighted by molar-refractivity contribution is -0.119. The molecule has 1 N–H and O–H groups in total. The molecule has 0 radical (unpaired) electrons. The van der Waals surface area contributed by atoms with Crippen molar-refractivity contribution in [2.45, 2.75) is 32.3 Å². The Bertz CT molecular complexity index is 1620. The first-order valence-corrected chi connectivity index (χ1v) is 15.3. The normalized spacial score (nSPS) is 11.2. The van der Waals surface area contributed by atoms with Gasteiger partial charge in [0.1, 0.15) is 18.9 Å². The van der Waals surface area contributed by atoms with Gasteiger partial charge in [0.25, 0.3) is 15.9 Å². The van der Waals surface area contributed by atoms with Crippen molar-refractivity contribution in [1.29, 1.82) is 0 Å². The number of nitrogens with one attached hydrogen (secondary N) is 1. The first kappa shape index (κ1) is 31.1. The molecule has 224 valence electrons. The van der Waals surface area contributed by atoms with E-state index in [1.165, 1.54) is 18.3 Å². The van der Waals surface area contributed by atoms with Crippen LogP contribution in [0.3, 0.4) is 0 Å². The monoisotopic (exact) mass is 601 g/mol. The molecule has 0 unspecified atom stereocenters. The molecule has 0 spiro atoms. The summed E-state index contributed by atoms with van der Waals surface area (Å²) in [5.74, 6) is 1.07. The van der Waals surface area contributed by atoms with E-state index < -0.39 is 22.5 Å². The summed E-state index contributed by atoms with van der Waals surface area (Å²) in [5, 5.41) is 4.05. The minimum Gasteiger partial charge on any atom is -0.494 e. The van der Waals surface area contributed by atoms with Crippen molar-refractivity contribution in [1.82, 2.24) is 5.43 Å². The predicted molar refractivity (Wildman–Crippen MR) is 167 cm³/mol. The van der Waals surface area contributed by atoms with Crippen molar-refractivity contribution < 1.29 is 27.4 Å². The van der Waals surface area contributed by atoms with Crippen LogP contribution in [0.2, 0.25) is 0 Å². The van der Waals surface area contributed by atoms with Crippen molar-refractivity contribution in [2.24, 2.45) is 5.10 Å². The van der Waals surface area contributed by atoms with E-state index in [4.69, 9.17) is 14.2 Å². The molecule has 0 aliphatic heterocycles. The molecule has 0 aliphatic carbocycles. The molecule has 4 aromatic carbocycles. The van der Waals surface area contributed by atoms with E-state index in [0.717, 1.165) is 15.4 Å². The van der Waals surface area contributed by atoms with E-state index in [2.05, 4.69) is 10.5 Å². The topological polar surface area (TPSA) is 107 Å². The predicted octanol–water partition coefficient (Wildman–Crippen LogP) is 5.72. The number of sulfonamides is 1. The molecule has 0 fully saturated rings. The third-order valence-electron chi connectivity index (χ3n) is 6.24. The van der Waals surface area contributed by atoms with Gasteiger partial charge in [0.15, 0.2) is 11.5 Å². The van der Waals surface area contributed by atoms with E-state index in [9.17, 15) is 13.2 Å². The van der Waals surface area contributed by atoms with Crippen LogP contribution in [0.5, 0.6) is 17.2 Å². The average Bonchev–Trinajstić information content (AvgIpc) is 3.01. The van der Waals surface area contributed by atoms with E-state index in [1.54, 1.807) is 54.6 Å². The lowest BCUT2D eigenvalue weighted by Gasteiger charge is -2.24. The molecule has 4 rings (SSSR count). The summed E-state index contributed by atoms with van der Waals surface area (Å²) in [7, 11) is -4.08. The Morgan fingerprint density at radius 3 is 2.21 bits per heavy atom. The van der Waals surface area contributed by atoms with Gasteiger partial charge in [0.2, 0.25) is 0 Å². The zero-order chi connectivity index (χ0) is 30.7. The van der Waals surface area contributed by atoms with Crippen LogP contribution in [0.25, 0.3) is 0 Å². The Morgan fingerprint density at radius 1 is 0.837 bits per heavy atom. The third-order valence-corrected chi connectivity index (χ3v) is 8.03. The van der Waals surface area contributed by atoms with Gasteiger partial charge < -0.3 is 14.2 Å². The molecule has 9 nitrogen and oxygen atoms in total. The van der Waals surface area contributed by atoms with E-state index in [1.807, 2.05) is 51.1 Å². The second-order valence-electron chi connectivity index (χ2n) is 9.46. The first-order valence-electron chi connectivity index (χ1n) is 13.9. The summed E-state index contributed by atoms with van der Waals surface area (Å²) in [6.45, 7) is 6.43.